The Kier molecular flexibility index (Phi) is 4.71. The van der Waals surface area contributed by atoms with E-state index in [1.54, 1.807) is 24.5 Å². The molecular weight excluding hydrogens is 318 g/mol. The molecule has 3 N–H and O–H groups in total. The number of benzene rings is 2. The molecule has 0 saturated carbocycles. The number of carboxylic acid groups (broad SMARTS) is 1. The van der Waals surface area contributed by atoms with E-state index in [0.29, 0.717) is 11.3 Å². The molecule has 1 heterocycles. The maximum atomic E-state index is 12.2. The lowest BCUT2D eigenvalue weighted by Crippen LogP contribution is -2.12. The lowest BCUT2D eigenvalue weighted by Gasteiger charge is -2.09. The molecular formula is C19H15N3O3. The third-order valence-electron chi connectivity index (χ3n) is 3.51. The number of hydrogen-bond acceptors (Lipinski definition) is 4. The maximum absolute atomic E-state index is 12.2. The molecule has 3 rings (SSSR count). The predicted molar refractivity (Wildman–Crippen MR) is 95.3 cm³/mol. The minimum atomic E-state index is -1.02. The SMILES string of the molecule is O=C(O)c1ccc(C(=O)Nc2ccc(Nc3ccncc3)cc2)cc1. The van der Waals surface area contributed by atoms with Crippen LogP contribution in [0.3, 0.4) is 0 Å². The van der Waals surface area contributed by atoms with Gasteiger partial charge in [-0.3, -0.25) is 9.78 Å². The minimum absolute atomic E-state index is 0.142. The summed E-state index contributed by atoms with van der Waals surface area (Å²) in [5.41, 5.74) is 2.99. The number of aromatic carboxylic acids is 1. The summed E-state index contributed by atoms with van der Waals surface area (Å²) in [7, 11) is 0. The summed E-state index contributed by atoms with van der Waals surface area (Å²) in [6.07, 6.45) is 3.40. The second-order valence-corrected chi connectivity index (χ2v) is 5.27. The highest BCUT2D eigenvalue weighted by atomic mass is 16.4. The highest BCUT2D eigenvalue weighted by molar-refractivity contribution is 6.04. The summed E-state index contributed by atoms with van der Waals surface area (Å²) in [5, 5.41) is 14.9. The Balaban J connectivity index is 1.64. The van der Waals surface area contributed by atoms with Crippen LogP contribution >= 0.6 is 0 Å². The van der Waals surface area contributed by atoms with Crippen molar-refractivity contribution >= 4 is 28.9 Å². The second kappa shape index (κ2) is 7.27. The topological polar surface area (TPSA) is 91.3 Å². The first-order valence-corrected chi connectivity index (χ1v) is 7.54. The van der Waals surface area contributed by atoms with Crippen molar-refractivity contribution < 1.29 is 14.7 Å². The highest BCUT2D eigenvalue weighted by Crippen LogP contribution is 2.19. The van der Waals surface area contributed by atoms with Gasteiger partial charge in [0.25, 0.3) is 5.91 Å². The third-order valence-corrected chi connectivity index (χ3v) is 3.51. The van der Waals surface area contributed by atoms with Crippen molar-refractivity contribution in [2.75, 3.05) is 10.6 Å². The first kappa shape index (κ1) is 16.2. The van der Waals surface area contributed by atoms with Gasteiger partial charge in [-0.2, -0.15) is 0 Å². The van der Waals surface area contributed by atoms with Gasteiger partial charge >= 0.3 is 5.97 Å². The van der Waals surface area contributed by atoms with Crippen LogP contribution in [-0.4, -0.2) is 22.0 Å². The Bertz CT molecular complexity index is 876. The normalized spacial score (nSPS) is 10.1. The predicted octanol–water partition coefficient (Wildman–Crippen LogP) is 3.78. The third kappa shape index (κ3) is 4.20. The summed E-state index contributed by atoms with van der Waals surface area (Å²) in [6.45, 7) is 0. The Hall–Kier alpha value is -3.67. The lowest BCUT2D eigenvalue weighted by atomic mass is 10.1. The van der Waals surface area contributed by atoms with E-state index in [-0.39, 0.29) is 11.5 Å². The highest BCUT2D eigenvalue weighted by Gasteiger charge is 2.08. The Morgan fingerprint density at radius 3 is 1.84 bits per heavy atom. The summed E-state index contributed by atoms with van der Waals surface area (Å²) >= 11 is 0. The maximum Gasteiger partial charge on any atom is 0.335 e. The molecule has 0 radical (unpaired) electrons. The van der Waals surface area contributed by atoms with E-state index in [1.165, 1.54) is 24.3 Å². The van der Waals surface area contributed by atoms with E-state index in [0.717, 1.165) is 11.4 Å². The molecule has 2 aromatic carbocycles. The molecule has 0 atom stereocenters. The van der Waals surface area contributed by atoms with Crippen molar-refractivity contribution in [1.29, 1.82) is 0 Å². The first-order valence-electron chi connectivity index (χ1n) is 7.54. The van der Waals surface area contributed by atoms with Crippen LogP contribution in [0.2, 0.25) is 0 Å². The lowest BCUT2D eigenvalue weighted by molar-refractivity contribution is 0.0696. The monoisotopic (exact) mass is 333 g/mol. The molecule has 0 fully saturated rings. The zero-order valence-electron chi connectivity index (χ0n) is 13.1. The molecule has 3 aromatic rings. The average Bonchev–Trinajstić information content (AvgIpc) is 2.64. The Labute approximate surface area is 144 Å². The Morgan fingerprint density at radius 1 is 0.720 bits per heavy atom. The molecule has 6 nitrogen and oxygen atoms in total. The molecule has 1 aromatic heterocycles. The van der Waals surface area contributed by atoms with Crippen LogP contribution in [0.5, 0.6) is 0 Å². The number of rotatable bonds is 5. The standard InChI is InChI=1S/C19H15N3O3/c23-18(13-1-3-14(4-2-13)19(24)25)22-16-7-5-15(6-8-16)21-17-9-11-20-12-10-17/h1-12H,(H,20,21)(H,22,23)(H,24,25). The van der Waals surface area contributed by atoms with Gasteiger partial charge in [-0.15, -0.1) is 0 Å². The van der Waals surface area contributed by atoms with Crippen LogP contribution < -0.4 is 10.6 Å². The van der Waals surface area contributed by atoms with Crippen molar-refractivity contribution in [3.05, 3.63) is 84.2 Å². The summed E-state index contributed by atoms with van der Waals surface area (Å²) < 4.78 is 0. The molecule has 0 aliphatic carbocycles. The van der Waals surface area contributed by atoms with Crippen molar-refractivity contribution in [2.45, 2.75) is 0 Å². The molecule has 124 valence electrons. The van der Waals surface area contributed by atoms with Crippen LogP contribution in [0.15, 0.2) is 73.1 Å². The van der Waals surface area contributed by atoms with Crippen LogP contribution in [0, 0.1) is 0 Å². The van der Waals surface area contributed by atoms with Crippen LogP contribution in [0.1, 0.15) is 20.7 Å². The first-order chi connectivity index (χ1) is 12.1. The van der Waals surface area contributed by atoms with Gasteiger partial charge in [-0.05, 0) is 60.7 Å². The fraction of sp³-hybridized carbons (Fsp3) is 0. The zero-order valence-corrected chi connectivity index (χ0v) is 13.1. The average molecular weight is 333 g/mol. The molecule has 0 bridgehead atoms. The van der Waals surface area contributed by atoms with E-state index >= 15 is 0 Å². The number of nitrogens with zero attached hydrogens (tertiary/aromatic N) is 1. The van der Waals surface area contributed by atoms with E-state index in [2.05, 4.69) is 15.6 Å². The molecule has 0 saturated heterocycles. The van der Waals surface area contributed by atoms with Gasteiger partial charge in [0.1, 0.15) is 0 Å². The molecule has 6 heteroatoms. The number of nitrogens with one attached hydrogen (secondary N) is 2. The van der Waals surface area contributed by atoms with Gasteiger partial charge in [-0.25, -0.2) is 4.79 Å². The number of hydrogen-bond donors (Lipinski definition) is 3. The fourth-order valence-corrected chi connectivity index (χ4v) is 2.21. The molecule has 0 spiro atoms. The summed E-state index contributed by atoms with van der Waals surface area (Å²) in [5.74, 6) is -1.32. The molecule has 0 aliphatic heterocycles. The number of carbonyl (C=O) groups excluding carboxylic acids is 1. The van der Waals surface area contributed by atoms with E-state index in [1.807, 2.05) is 24.3 Å². The van der Waals surface area contributed by atoms with Crippen molar-refractivity contribution in [3.63, 3.8) is 0 Å². The number of anilines is 3. The Morgan fingerprint density at radius 2 is 1.24 bits per heavy atom. The van der Waals surface area contributed by atoms with Crippen molar-refractivity contribution in [1.82, 2.24) is 4.98 Å². The number of aromatic nitrogens is 1. The fourth-order valence-electron chi connectivity index (χ4n) is 2.21. The number of amides is 1. The molecule has 0 aliphatic rings. The number of carboxylic acids is 1. The van der Waals surface area contributed by atoms with Gasteiger partial charge in [0.05, 0.1) is 5.56 Å². The van der Waals surface area contributed by atoms with E-state index < -0.39 is 5.97 Å². The minimum Gasteiger partial charge on any atom is -0.478 e. The van der Waals surface area contributed by atoms with Gasteiger partial charge in [0, 0.05) is 35.0 Å². The summed E-state index contributed by atoms with van der Waals surface area (Å²) in [6, 6.07) is 16.8. The molecule has 0 unspecified atom stereocenters. The van der Waals surface area contributed by atoms with E-state index in [4.69, 9.17) is 5.11 Å². The second-order valence-electron chi connectivity index (χ2n) is 5.27. The molecule has 25 heavy (non-hydrogen) atoms. The molecule has 1 amide bonds. The van der Waals surface area contributed by atoms with E-state index in [9.17, 15) is 9.59 Å². The van der Waals surface area contributed by atoms with Gasteiger partial charge in [0.2, 0.25) is 0 Å². The van der Waals surface area contributed by atoms with Gasteiger partial charge in [0.15, 0.2) is 0 Å². The van der Waals surface area contributed by atoms with Crippen LogP contribution in [0.4, 0.5) is 17.1 Å². The van der Waals surface area contributed by atoms with Crippen molar-refractivity contribution in [3.8, 4) is 0 Å². The summed E-state index contributed by atoms with van der Waals surface area (Å²) in [4.78, 5) is 27.0. The van der Waals surface area contributed by atoms with Gasteiger partial charge < -0.3 is 15.7 Å². The number of carbonyl (C=O) groups is 2. The quantitative estimate of drug-likeness (QED) is 0.661. The smallest absolute Gasteiger partial charge is 0.335 e. The van der Waals surface area contributed by atoms with Crippen LogP contribution in [0.25, 0.3) is 0 Å². The largest absolute Gasteiger partial charge is 0.478 e. The van der Waals surface area contributed by atoms with Crippen LogP contribution in [-0.2, 0) is 0 Å². The zero-order chi connectivity index (χ0) is 17.6. The van der Waals surface area contributed by atoms with Crippen molar-refractivity contribution in [2.24, 2.45) is 0 Å². The van der Waals surface area contributed by atoms with Gasteiger partial charge in [-0.1, -0.05) is 0 Å². The number of pyridine rings is 1.